The largest absolute Gasteiger partial charge is 0.494 e. The molecule has 0 aliphatic carbocycles. The molecule has 0 saturated heterocycles. The minimum absolute atomic E-state index is 0.0907. The Bertz CT molecular complexity index is 855. The predicted octanol–water partition coefficient (Wildman–Crippen LogP) is 4.88. The summed E-state index contributed by atoms with van der Waals surface area (Å²) in [7, 11) is 0. The summed E-state index contributed by atoms with van der Waals surface area (Å²) in [5.41, 5.74) is 4.84. The van der Waals surface area contributed by atoms with E-state index in [9.17, 15) is 4.79 Å². The van der Waals surface area contributed by atoms with Gasteiger partial charge in [-0.3, -0.25) is 9.78 Å². The van der Waals surface area contributed by atoms with Gasteiger partial charge in [-0.25, -0.2) is 0 Å². The highest BCUT2D eigenvalue weighted by Crippen LogP contribution is 2.25. The zero-order valence-electron chi connectivity index (χ0n) is 14.5. The highest BCUT2D eigenvalue weighted by Gasteiger charge is 2.13. The van der Waals surface area contributed by atoms with Gasteiger partial charge in [0.2, 0.25) is 0 Å². The molecular weight excluding hydrogens is 310 g/mol. The first-order valence-electron chi connectivity index (χ1n) is 8.44. The number of nitrogens with zero attached hydrogens (tertiary/aromatic N) is 1. The summed E-state index contributed by atoms with van der Waals surface area (Å²) < 4.78 is 5.67. The van der Waals surface area contributed by atoms with Crippen molar-refractivity contribution in [1.29, 1.82) is 0 Å². The second kappa shape index (κ2) is 7.75. The van der Waals surface area contributed by atoms with Crippen LogP contribution in [0, 0.1) is 6.92 Å². The van der Waals surface area contributed by atoms with Gasteiger partial charge in [-0.15, -0.1) is 0 Å². The molecule has 3 rings (SSSR count). The topological polar surface area (TPSA) is 39.2 Å². The molecule has 0 amide bonds. The number of ketones is 1. The third-order valence-electron chi connectivity index (χ3n) is 4.21. The molecule has 3 aromatic rings. The molecule has 1 heterocycles. The predicted molar refractivity (Wildman–Crippen MR) is 100 cm³/mol. The standard InChI is InChI=1S/C22H21NO2/c1-3-25-22-8-4-6-16(2)20(22)14-21(24)18-11-9-17(10-12-18)19-7-5-13-23-15-19/h4-13,15H,3,14H2,1-2H3. The van der Waals surface area contributed by atoms with E-state index in [2.05, 4.69) is 4.98 Å². The Morgan fingerprint density at radius 3 is 2.48 bits per heavy atom. The lowest BCUT2D eigenvalue weighted by Crippen LogP contribution is -2.07. The lowest BCUT2D eigenvalue weighted by molar-refractivity contribution is 0.0991. The normalized spacial score (nSPS) is 10.5. The maximum atomic E-state index is 12.7. The van der Waals surface area contributed by atoms with E-state index < -0.39 is 0 Å². The van der Waals surface area contributed by atoms with Crippen LogP contribution in [0.4, 0.5) is 0 Å². The maximum Gasteiger partial charge on any atom is 0.167 e. The van der Waals surface area contributed by atoms with Crippen LogP contribution in [0.1, 0.15) is 28.4 Å². The Labute approximate surface area is 148 Å². The second-order valence-corrected chi connectivity index (χ2v) is 5.90. The smallest absolute Gasteiger partial charge is 0.167 e. The van der Waals surface area contributed by atoms with Crippen LogP contribution < -0.4 is 4.74 Å². The van der Waals surface area contributed by atoms with Gasteiger partial charge in [-0.05, 0) is 42.7 Å². The molecule has 25 heavy (non-hydrogen) atoms. The van der Waals surface area contributed by atoms with E-state index in [1.165, 1.54) is 0 Å². The van der Waals surface area contributed by atoms with Gasteiger partial charge >= 0.3 is 0 Å². The van der Waals surface area contributed by atoms with E-state index in [0.717, 1.165) is 28.0 Å². The monoisotopic (exact) mass is 331 g/mol. The van der Waals surface area contributed by atoms with Gasteiger partial charge in [0.15, 0.2) is 5.78 Å². The van der Waals surface area contributed by atoms with Crippen LogP contribution in [0.3, 0.4) is 0 Å². The summed E-state index contributed by atoms with van der Waals surface area (Å²) in [6, 6.07) is 17.5. The number of pyridine rings is 1. The van der Waals surface area contributed by atoms with E-state index in [4.69, 9.17) is 4.74 Å². The van der Waals surface area contributed by atoms with Gasteiger partial charge in [0.25, 0.3) is 0 Å². The third-order valence-corrected chi connectivity index (χ3v) is 4.21. The van der Waals surface area contributed by atoms with Gasteiger partial charge < -0.3 is 4.74 Å². The number of aromatic nitrogens is 1. The molecule has 0 aliphatic rings. The SMILES string of the molecule is CCOc1cccc(C)c1CC(=O)c1ccc(-c2cccnc2)cc1. The van der Waals surface area contributed by atoms with Crippen molar-refractivity contribution in [3.63, 3.8) is 0 Å². The summed E-state index contributed by atoms with van der Waals surface area (Å²) in [5, 5.41) is 0. The molecule has 0 N–H and O–H groups in total. The quantitative estimate of drug-likeness (QED) is 0.604. The van der Waals surface area contributed by atoms with Crippen LogP contribution in [0.15, 0.2) is 67.0 Å². The number of Topliss-reactive ketones (excluding diaryl/α,β-unsaturated/α-hetero) is 1. The van der Waals surface area contributed by atoms with Crippen molar-refractivity contribution in [2.24, 2.45) is 0 Å². The van der Waals surface area contributed by atoms with E-state index in [0.29, 0.717) is 18.6 Å². The molecule has 0 spiro atoms. The molecular formula is C22H21NO2. The van der Waals surface area contributed by atoms with Gasteiger partial charge in [-0.2, -0.15) is 0 Å². The Hall–Kier alpha value is -2.94. The Balaban J connectivity index is 1.81. The van der Waals surface area contributed by atoms with Crippen molar-refractivity contribution in [3.8, 4) is 16.9 Å². The Morgan fingerprint density at radius 1 is 1.00 bits per heavy atom. The molecule has 0 saturated carbocycles. The van der Waals surface area contributed by atoms with Crippen LogP contribution in [0.25, 0.3) is 11.1 Å². The summed E-state index contributed by atoms with van der Waals surface area (Å²) in [5.74, 6) is 0.885. The first-order chi connectivity index (χ1) is 12.2. The number of aryl methyl sites for hydroxylation is 1. The molecule has 2 aromatic carbocycles. The Kier molecular flexibility index (Phi) is 5.24. The molecule has 3 heteroatoms. The second-order valence-electron chi connectivity index (χ2n) is 5.90. The van der Waals surface area contributed by atoms with E-state index >= 15 is 0 Å². The van der Waals surface area contributed by atoms with Crippen LogP contribution in [0.5, 0.6) is 5.75 Å². The number of rotatable bonds is 6. The highest BCUT2D eigenvalue weighted by molar-refractivity contribution is 5.98. The minimum Gasteiger partial charge on any atom is -0.494 e. The van der Waals surface area contributed by atoms with Crippen LogP contribution in [-0.2, 0) is 6.42 Å². The molecule has 1 aromatic heterocycles. The molecule has 0 radical (unpaired) electrons. The molecule has 0 unspecified atom stereocenters. The van der Waals surface area contributed by atoms with Crippen LogP contribution in [0.2, 0.25) is 0 Å². The van der Waals surface area contributed by atoms with Crippen molar-refractivity contribution in [2.75, 3.05) is 6.61 Å². The first-order valence-corrected chi connectivity index (χ1v) is 8.44. The average molecular weight is 331 g/mol. The fourth-order valence-corrected chi connectivity index (χ4v) is 2.84. The van der Waals surface area contributed by atoms with Gasteiger partial charge in [-0.1, -0.05) is 42.5 Å². The van der Waals surface area contributed by atoms with E-state index in [1.807, 2.05) is 74.6 Å². The van der Waals surface area contributed by atoms with Crippen LogP contribution >= 0.6 is 0 Å². The average Bonchev–Trinajstić information content (AvgIpc) is 2.65. The first kappa shape index (κ1) is 16.9. The number of benzene rings is 2. The lowest BCUT2D eigenvalue weighted by Gasteiger charge is -2.12. The van der Waals surface area contributed by atoms with Crippen molar-refractivity contribution < 1.29 is 9.53 Å². The highest BCUT2D eigenvalue weighted by atomic mass is 16.5. The van der Waals surface area contributed by atoms with Crippen LogP contribution in [-0.4, -0.2) is 17.4 Å². The summed E-state index contributed by atoms with van der Waals surface area (Å²) >= 11 is 0. The van der Waals surface area contributed by atoms with E-state index in [-0.39, 0.29) is 5.78 Å². The summed E-state index contributed by atoms with van der Waals surface area (Å²) in [6.45, 7) is 4.55. The maximum absolute atomic E-state index is 12.7. The van der Waals surface area contributed by atoms with Crippen molar-refractivity contribution in [3.05, 3.63) is 83.7 Å². The molecule has 126 valence electrons. The van der Waals surface area contributed by atoms with Gasteiger partial charge in [0.1, 0.15) is 5.75 Å². The van der Waals surface area contributed by atoms with Crippen molar-refractivity contribution in [2.45, 2.75) is 20.3 Å². The molecule has 0 atom stereocenters. The fraction of sp³-hybridized carbons (Fsp3) is 0.182. The summed E-state index contributed by atoms with van der Waals surface area (Å²) in [4.78, 5) is 16.8. The minimum atomic E-state index is 0.0907. The molecule has 0 fully saturated rings. The zero-order valence-corrected chi connectivity index (χ0v) is 14.5. The van der Waals surface area contributed by atoms with Crippen molar-refractivity contribution in [1.82, 2.24) is 4.98 Å². The van der Waals surface area contributed by atoms with E-state index in [1.54, 1.807) is 6.20 Å². The number of carbonyl (C=O) groups excluding carboxylic acids is 1. The molecule has 0 aliphatic heterocycles. The number of carbonyl (C=O) groups is 1. The number of hydrogen-bond acceptors (Lipinski definition) is 3. The molecule has 3 nitrogen and oxygen atoms in total. The van der Waals surface area contributed by atoms with Crippen molar-refractivity contribution >= 4 is 5.78 Å². The third kappa shape index (κ3) is 3.94. The lowest BCUT2D eigenvalue weighted by atomic mass is 9.97. The summed E-state index contributed by atoms with van der Waals surface area (Å²) in [6.07, 6.45) is 3.91. The van der Waals surface area contributed by atoms with Gasteiger partial charge in [0.05, 0.1) is 6.61 Å². The number of hydrogen-bond donors (Lipinski definition) is 0. The Morgan fingerprint density at radius 2 is 1.80 bits per heavy atom. The fourth-order valence-electron chi connectivity index (χ4n) is 2.84. The molecule has 0 bridgehead atoms. The van der Waals surface area contributed by atoms with Gasteiger partial charge in [0, 0.05) is 29.9 Å². The number of ether oxygens (including phenoxy) is 1. The zero-order chi connectivity index (χ0) is 17.6.